The molecule has 2 aliphatic heterocycles. The van der Waals surface area contributed by atoms with Crippen LogP contribution in [0.2, 0.25) is 0 Å². The van der Waals surface area contributed by atoms with Crippen molar-refractivity contribution < 1.29 is 0 Å². The molecule has 1 aromatic carbocycles. The predicted octanol–water partition coefficient (Wildman–Crippen LogP) is 3.37. The molecule has 1 nitrogen and oxygen atoms in total. The maximum Gasteiger partial charge on any atom is 0.0386 e. The maximum atomic E-state index is 3.53. The van der Waals surface area contributed by atoms with Crippen LogP contribution in [0.5, 0.6) is 0 Å². The monoisotopic (exact) mass is 237 g/mol. The summed E-state index contributed by atoms with van der Waals surface area (Å²) < 4.78 is 1.18. The van der Waals surface area contributed by atoms with Crippen molar-refractivity contribution in [1.82, 2.24) is 0 Å². The van der Waals surface area contributed by atoms with E-state index in [9.17, 15) is 0 Å². The minimum atomic E-state index is 0.836. The molecule has 13 heavy (non-hydrogen) atoms. The van der Waals surface area contributed by atoms with E-state index in [0.29, 0.717) is 0 Å². The molecule has 0 radical (unpaired) electrons. The SMILES string of the molecule is Brc1ccc2c(c1)NCC1CC2C1. The van der Waals surface area contributed by atoms with Gasteiger partial charge < -0.3 is 5.32 Å². The Kier molecular flexibility index (Phi) is 1.66. The second-order valence-corrected chi connectivity index (χ2v) is 5.06. The summed E-state index contributed by atoms with van der Waals surface area (Å²) in [5.74, 6) is 1.76. The molecular formula is C11H12BrN. The molecule has 1 fully saturated rings. The Morgan fingerprint density at radius 3 is 3.00 bits per heavy atom. The van der Waals surface area contributed by atoms with E-state index in [1.165, 1.54) is 35.1 Å². The van der Waals surface area contributed by atoms with E-state index in [1.54, 1.807) is 0 Å². The smallest absolute Gasteiger partial charge is 0.0386 e. The van der Waals surface area contributed by atoms with Crippen molar-refractivity contribution in [2.75, 3.05) is 11.9 Å². The average Bonchev–Trinajstić information content (AvgIpc) is 2.29. The Labute approximate surface area is 86.7 Å². The first kappa shape index (κ1) is 7.86. The van der Waals surface area contributed by atoms with Crippen LogP contribution < -0.4 is 5.32 Å². The number of benzene rings is 1. The van der Waals surface area contributed by atoms with Gasteiger partial charge in [-0.2, -0.15) is 0 Å². The van der Waals surface area contributed by atoms with Crippen molar-refractivity contribution in [3.05, 3.63) is 28.2 Å². The van der Waals surface area contributed by atoms with Crippen LogP contribution in [0.1, 0.15) is 24.3 Å². The van der Waals surface area contributed by atoms with Gasteiger partial charge in [0.05, 0.1) is 0 Å². The number of anilines is 1. The molecule has 0 saturated heterocycles. The lowest BCUT2D eigenvalue weighted by atomic mass is 9.72. The lowest BCUT2D eigenvalue weighted by Gasteiger charge is -2.32. The zero-order valence-corrected chi connectivity index (χ0v) is 8.97. The Morgan fingerprint density at radius 2 is 2.15 bits per heavy atom. The third-order valence-electron chi connectivity index (χ3n) is 3.27. The Morgan fingerprint density at radius 1 is 1.31 bits per heavy atom. The first-order valence-electron chi connectivity index (χ1n) is 4.86. The fourth-order valence-electron chi connectivity index (χ4n) is 2.45. The van der Waals surface area contributed by atoms with E-state index < -0.39 is 0 Å². The molecular weight excluding hydrogens is 226 g/mol. The Bertz CT molecular complexity index is 342. The molecule has 1 saturated carbocycles. The molecule has 2 bridgehead atoms. The van der Waals surface area contributed by atoms with Crippen LogP contribution in [0.4, 0.5) is 5.69 Å². The van der Waals surface area contributed by atoms with Crippen molar-refractivity contribution in [3.63, 3.8) is 0 Å². The van der Waals surface area contributed by atoms with Crippen molar-refractivity contribution in [3.8, 4) is 0 Å². The predicted molar refractivity (Wildman–Crippen MR) is 58.1 cm³/mol. The summed E-state index contributed by atoms with van der Waals surface area (Å²) in [6.45, 7) is 1.17. The van der Waals surface area contributed by atoms with Gasteiger partial charge in [-0.25, -0.2) is 0 Å². The standard InChI is InChI=1S/C11H12BrN/c12-9-1-2-10-8-3-7(4-8)6-13-11(10)5-9/h1-2,5,7-8,13H,3-4,6H2. The first-order chi connectivity index (χ1) is 6.33. The van der Waals surface area contributed by atoms with Crippen molar-refractivity contribution in [2.24, 2.45) is 5.92 Å². The van der Waals surface area contributed by atoms with Gasteiger partial charge in [0.15, 0.2) is 0 Å². The molecule has 1 N–H and O–H groups in total. The number of rotatable bonds is 0. The molecule has 0 unspecified atom stereocenters. The van der Waals surface area contributed by atoms with Gasteiger partial charge in [-0.3, -0.25) is 0 Å². The van der Waals surface area contributed by atoms with Crippen LogP contribution in [0.25, 0.3) is 0 Å². The van der Waals surface area contributed by atoms with E-state index in [2.05, 4.69) is 39.4 Å². The maximum absolute atomic E-state index is 3.53. The summed E-state index contributed by atoms with van der Waals surface area (Å²) in [7, 11) is 0. The van der Waals surface area contributed by atoms with Crippen LogP contribution in [0.15, 0.2) is 22.7 Å². The van der Waals surface area contributed by atoms with Gasteiger partial charge >= 0.3 is 0 Å². The number of hydrogen-bond donors (Lipinski definition) is 1. The lowest BCUT2D eigenvalue weighted by molar-refractivity contribution is 0.287. The first-order valence-corrected chi connectivity index (χ1v) is 5.65. The van der Waals surface area contributed by atoms with E-state index in [-0.39, 0.29) is 0 Å². The highest BCUT2D eigenvalue weighted by Crippen LogP contribution is 2.47. The quantitative estimate of drug-likeness (QED) is 0.730. The number of hydrogen-bond acceptors (Lipinski definition) is 1. The summed E-state index contributed by atoms with van der Waals surface area (Å²) in [6, 6.07) is 6.62. The van der Waals surface area contributed by atoms with Gasteiger partial charge in [-0.15, -0.1) is 0 Å². The van der Waals surface area contributed by atoms with Gasteiger partial charge in [-0.05, 0) is 42.4 Å². The van der Waals surface area contributed by atoms with Gasteiger partial charge in [0.25, 0.3) is 0 Å². The minimum Gasteiger partial charge on any atom is -0.385 e. The third-order valence-corrected chi connectivity index (χ3v) is 3.77. The molecule has 2 heteroatoms. The summed E-state index contributed by atoms with van der Waals surface area (Å²) in [5, 5.41) is 3.53. The summed E-state index contributed by atoms with van der Waals surface area (Å²) >= 11 is 3.51. The lowest BCUT2D eigenvalue weighted by Crippen LogP contribution is -2.23. The number of fused-ring (bicyclic) bond motifs is 1. The van der Waals surface area contributed by atoms with Crippen LogP contribution in [0, 0.1) is 5.92 Å². The topological polar surface area (TPSA) is 12.0 Å². The van der Waals surface area contributed by atoms with Gasteiger partial charge in [0.1, 0.15) is 0 Å². The fraction of sp³-hybridized carbons (Fsp3) is 0.455. The van der Waals surface area contributed by atoms with Gasteiger partial charge in [-0.1, -0.05) is 22.0 Å². The molecule has 68 valence electrons. The van der Waals surface area contributed by atoms with Crippen molar-refractivity contribution in [1.29, 1.82) is 0 Å². The van der Waals surface area contributed by atoms with Crippen molar-refractivity contribution in [2.45, 2.75) is 18.8 Å². The van der Waals surface area contributed by atoms with E-state index in [0.717, 1.165) is 11.8 Å². The molecule has 1 aromatic rings. The van der Waals surface area contributed by atoms with Crippen LogP contribution in [-0.4, -0.2) is 6.54 Å². The van der Waals surface area contributed by atoms with E-state index >= 15 is 0 Å². The molecule has 0 atom stereocenters. The second kappa shape index (κ2) is 2.74. The van der Waals surface area contributed by atoms with Crippen LogP contribution >= 0.6 is 15.9 Å². The van der Waals surface area contributed by atoms with Crippen molar-refractivity contribution >= 4 is 21.6 Å². The van der Waals surface area contributed by atoms with E-state index in [4.69, 9.17) is 0 Å². The highest BCUT2D eigenvalue weighted by Gasteiger charge is 2.34. The normalized spacial score (nSPS) is 29.6. The fourth-order valence-corrected chi connectivity index (χ4v) is 2.81. The number of halogens is 1. The van der Waals surface area contributed by atoms with Gasteiger partial charge in [0.2, 0.25) is 0 Å². The molecule has 0 amide bonds. The molecule has 4 rings (SSSR count). The van der Waals surface area contributed by atoms with Crippen LogP contribution in [-0.2, 0) is 0 Å². The second-order valence-electron chi connectivity index (χ2n) is 4.15. The summed E-state index contributed by atoms with van der Waals surface area (Å²) in [5.41, 5.74) is 2.87. The highest BCUT2D eigenvalue weighted by atomic mass is 79.9. The number of nitrogens with one attached hydrogen (secondary N) is 1. The summed E-state index contributed by atoms with van der Waals surface area (Å²) in [4.78, 5) is 0. The molecule has 0 spiro atoms. The average molecular weight is 238 g/mol. The molecule has 1 aliphatic carbocycles. The van der Waals surface area contributed by atoms with Crippen LogP contribution in [0.3, 0.4) is 0 Å². The molecule has 3 aliphatic rings. The van der Waals surface area contributed by atoms with E-state index in [1.807, 2.05) is 0 Å². The zero-order chi connectivity index (χ0) is 8.84. The minimum absolute atomic E-state index is 0.836. The molecule has 0 aromatic heterocycles. The third kappa shape index (κ3) is 1.19. The molecule has 2 heterocycles. The Balaban J connectivity index is 2.08. The summed E-state index contributed by atoms with van der Waals surface area (Å²) in [6.07, 6.45) is 2.78. The highest BCUT2D eigenvalue weighted by molar-refractivity contribution is 9.10. The Hall–Kier alpha value is -0.500. The van der Waals surface area contributed by atoms with Gasteiger partial charge in [0, 0.05) is 16.7 Å². The largest absolute Gasteiger partial charge is 0.385 e. The zero-order valence-electron chi connectivity index (χ0n) is 7.39.